The highest BCUT2D eigenvalue weighted by molar-refractivity contribution is 6.31. The molecule has 1 saturated heterocycles. The maximum Gasteiger partial charge on any atom is 0.254 e. The summed E-state index contributed by atoms with van der Waals surface area (Å²) in [7, 11) is 0. The first-order valence-corrected chi connectivity index (χ1v) is 8.57. The lowest BCUT2D eigenvalue weighted by Gasteiger charge is -2.33. The molecule has 24 heavy (non-hydrogen) atoms. The molecule has 0 bridgehead atoms. The van der Waals surface area contributed by atoms with Crippen molar-refractivity contribution >= 4 is 23.3 Å². The third-order valence-electron chi connectivity index (χ3n) is 4.73. The SMILES string of the molecule is Cc1nc2c(c(N3CCC3)n1)CN(C(=O)c1ccc(C)c(Cl)c1)C2. The number of aryl methyl sites for hydroxylation is 2. The Morgan fingerprint density at radius 3 is 2.62 bits per heavy atom. The van der Waals surface area contributed by atoms with E-state index in [9.17, 15) is 4.79 Å². The van der Waals surface area contributed by atoms with Gasteiger partial charge in [0.25, 0.3) is 5.91 Å². The summed E-state index contributed by atoms with van der Waals surface area (Å²) in [5.41, 5.74) is 3.65. The number of hydrogen-bond acceptors (Lipinski definition) is 4. The Morgan fingerprint density at radius 1 is 1.17 bits per heavy atom. The van der Waals surface area contributed by atoms with Crippen LogP contribution in [0, 0.1) is 13.8 Å². The Bertz CT molecular complexity index is 832. The summed E-state index contributed by atoms with van der Waals surface area (Å²) < 4.78 is 0. The molecular formula is C18H19ClN4O. The molecule has 1 fully saturated rings. The van der Waals surface area contributed by atoms with Crippen LogP contribution >= 0.6 is 11.6 Å². The molecule has 0 atom stereocenters. The normalized spacial score (nSPS) is 16.1. The Hall–Kier alpha value is -2.14. The van der Waals surface area contributed by atoms with Crippen molar-refractivity contribution < 1.29 is 4.79 Å². The van der Waals surface area contributed by atoms with Gasteiger partial charge in [0.05, 0.1) is 18.8 Å². The fourth-order valence-electron chi connectivity index (χ4n) is 3.20. The van der Waals surface area contributed by atoms with Crippen molar-refractivity contribution in [2.45, 2.75) is 33.4 Å². The second-order valence-electron chi connectivity index (χ2n) is 6.49. The highest BCUT2D eigenvalue weighted by atomic mass is 35.5. The largest absolute Gasteiger partial charge is 0.356 e. The molecule has 0 aliphatic carbocycles. The Kier molecular flexibility index (Phi) is 3.68. The molecule has 2 aromatic rings. The third kappa shape index (κ3) is 2.53. The van der Waals surface area contributed by atoms with Crippen molar-refractivity contribution in [3.8, 4) is 0 Å². The van der Waals surface area contributed by atoms with Crippen LogP contribution < -0.4 is 4.90 Å². The molecule has 5 nitrogen and oxygen atoms in total. The molecule has 0 unspecified atom stereocenters. The molecule has 1 aromatic heterocycles. The van der Waals surface area contributed by atoms with Crippen molar-refractivity contribution in [1.82, 2.24) is 14.9 Å². The second kappa shape index (κ2) is 5.74. The van der Waals surface area contributed by atoms with E-state index in [1.807, 2.05) is 30.9 Å². The molecule has 4 rings (SSSR count). The molecule has 0 radical (unpaired) electrons. The van der Waals surface area contributed by atoms with E-state index in [4.69, 9.17) is 11.6 Å². The minimum Gasteiger partial charge on any atom is -0.356 e. The number of halogens is 1. The molecule has 2 aliphatic heterocycles. The van der Waals surface area contributed by atoms with Crippen LogP contribution in [0.25, 0.3) is 0 Å². The summed E-state index contributed by atoms with van der Waals surface area (Å²) >= 11 is 6.17. The van der Waals surface area contributed by atoms with Gasteiger partial charge in [0.1, 0.15) is 11.6 Å². The summed E-state index contributed by atoms with van der Waals surface area (Å²) in [6.07, 6.45) is 1.20. The zero-order valence-electron chi connectivity index (χ0n) is 13.8. The molecule has 1 amide bonds. The minimum atomic E-state index is -0.0119. The second-order valence-corrected chi connectivity index (χ2v) is 6.89. The van der Waals surface area contributed by atoms with Gasteiger partial charge >= 0.3 is 0 Å². The van der Waals surface area contributed by atoms with Gasteiger partial charge in [-0.15, -0.1) is 0 Å². The number of carbonyl (C=O) groups excluding carboxylic acids is 1. The van der Waals surface area contributed by atoms with Gasteiger partial charge in [-0.05, 0) is 38.0 Å². The van der Waals surface area contributed by atoms with Crippen LogP contribution in [0.1, 0.15) is 39.4 Å². The molecule has 0 spiro atoms. The van der Waals surface area contributed by atoms with Gasteiger partial charge in [-0.1, -0.05) is 17.7 Å². The number of anilines is 1. The van der Waals surface area contributed by atoms with Crippen LogP contribution in [-0.4, -0.2) is 33.9 Å². The zero-order chi connectivity index (χ0) is 16.8. The van der Waals surface area contributed by atoms with E-state index in [0.717, 1.165) is 41.6 Å². The summed E-state index contributed by atoms with van der Waals surface area (Å²) in [5, 5.41) is 0.620. The fraction of sp³-hybridized carbons (Fsp3) is 0.389. The maximum atomic E-state index is 12.8. The summed E-state index contributed by atoms with van der Waals surface area (Å²) in [6.45, 7) is 7.00. The third-order valence-corrected chi connectivity index (χ3v) is 5.14. The molecule has 124 valence electrons. The number of carbonyl (C=O) groups is 1. The predicted molar refractivity (Wildman–Crippen MR) is 93.4 cm³/mol. The van der Waals surface area contributed by atoms with Gasteiger partial charge in [0.15, 0.2) is 0 Å². The first kappa shape index (κ1) is 15.4. The lowest BCUT2D eigenvalue weighted by Crippen LogP contribution is -2.38. The van der Waals surface area contributed by atoms with E-state index in [1.165, 1.54) is 6.42 Å². The van der Waals surface area contributed by atoms with Crippen LogP contribution in [-0.2, 0) is 13.1 Å². The Balaban J connectivity index is 1.63. The Morgan fingerprint density at radius 2 is 1.96 bits per heavy atom. The maximum absolute atomic E-state index is 12.8. The number of amides is 1. The summed E-state index contributed by atoms with van der Waals surface area (Å²) in [6, 6.07) is 5.46. The van der Waals surface area contributed by atoms with Crippen LogP contribution in [0.5, 0.6) is 0 Å². The topological polar surface area (TPSA) is 49.3 Å². The number of fused-ring (bicyclic) bond motifs is 1. The quantitative estimate of drug-likeness (QED) is 0.841. The molecule has 2 aliphatic rings. The van der Waals surface area contributed by atoms with Crippen LogP contribution in [0.2, 0.25) is 5.02 Å². The first-order chi connectivity index (χ1) is 11.5. The number of benzene rings is 1. The molecule has 1 aromatic carbocycles. The van der Waals surface area contributed by atoms with Crippen molar-refractivity contribution in [2.75, 3.05) is 18.0 Å². The van der Waals surface area contributed by atoms with Crippen LogP contribution in [0.3, 0.4) is 0 Å². The lowest BCUT2D eigenvalue weighted by atomic mass is 10.1. The summed E-state index contributed by atoms with van der Waals surface area (Å²) in [5.74, 6) is 1.76. The average molecular weight is 343 g/mol. The first-order valence-electron chi connectivity index (χ1n) is 8.19. The van der Waals surface area contributed by atoms with E-state index in [0.29, 0.717) is 23.7 Å². The summed E-state index contributed by atoms with van der Waals surface area (Å²) in [4.78, 5) is 26.1. The van der Waals surface area contributed by atoms with Crippen molar-refractivity contribution in [1.29, 1.82) is 0 Å². The van der Waals surface area contributed by atoms with E-state index < -0.39 is 0 Å². The van der Waals surface area contributed by atoms with E-state index in [-0.39, 0.29) is 5.91 Å². The van der Waals surface area contributed by atoms with Crippen LogP contribution in [0.15, 0.2) is 18.2 Å². The molecule has 3 heterocycles. The number of rotatable bonds is 2. The zero-order valence-corrected chi connectivity index (χ0v) is 14.6. The fourth-order valence-corrected chi connectivity index (χ4v) is 3.38. The van der Waals surface area contributed by atoms with E-state index in [2.05, 4.69) is 14.9 Å². The van der Waals surface area contributed by atoms with Crippen molar-refractivity contribution in [3.63, 3.8) is 0 Å². The minimum absolute atomic E-state index is 0.0119. The van der Waals surface area contributed by atoms with E-state index in [1.54, 1.807) is 6.07 Å². The van der Waals surface area contributed by atoms with Gasteiger partial charge in [-0.3, -0.25) is 4.79 Å². The standard InChI is InChI=1S/C18H19ClN4O/c1-11-4-5-13(8-15(11)19)18(24)23-9-14-16(10-23)20-12(2)21-17(14)22-6-3-7-22/h4-5,8H,3,6-7,9-10H2,1-2H3. The van der Waals surface area contributed by atoms with Gasteiger partial charge in [0, 0.05) is 29.2 Å². The smallest absolute Gasteiger partial charge is 0.254 e. The molecule has 6 heteroatoms. The molecular weight excluding hydrogens is 324 g/mol. The molecule has 0 N–H and O–H groups in total. The monoisotopic (exact) mass is 342 g/mol. The van der Waals surface area contributed by atoms with Gasteiger partial charge in [0.2, 0.25) is 0 Å². The van der Waals surface area contributed by atoms with Crippen molar-refractivity contribution in [3.05, 3.63) is 51.4 Å². The number of aromatic nitrogens is 2. The molecule has 0 saturated carbocycles. The van der Waals surface area contributed by atoms with E-state index >= 15 is 0 Å². The van der Waals surface area contributed by atoms with Crippen LogP contribution in [0.4, 0.5) is 5.82 Å². The van der Waals surface area contributed by atoms with Gasteiger partial charge in [-0.25, -0.2) is 9.97 Å². The lowest BCUT2D eigenvalue weighted by molar-refractivity contribution is 0.0750. The van der Waals surface area contributed by atoms with Gasteiger partial charge < -0.3 is 9.80 Å². The van der Waals surface area contributed by atoms with Crippen molar-refractivity contribution in [2.24, 2.45) is 0 Å². The number of hydrogen-bond donors (Lipinski definition) is 0. The highest BCUT2D eigenvalue weighted by Crippen LogP contribution is 2.32. The predicted octanol–water partition coefficient (Wildman–Crippen LogP) is 3.11. The Labute approximate surface area is 146 Å². The highest BCUT2D eigenvalue weighted by Gasteiger charge is 2.31. The van der Waals surface area contributed by atoms with Gasteiger partial charge in [-0.2, -0.15) is 0 Å². The average Bonchev–Trinajstić information content (AvgIpc) is 2.91. The number of nitrogens with zero attached hydrogens (tertiary/aromatic N) is 4.